The second kappa shape index (κ2) is 4.30. The van der Waals surface area contributed by atoms with Gasteiger partial charge in [-0.25, -0.2) is 4.39 Å². The van der Waals surface area contributed by atoms with E-state index in [-0.39, 0.29) is 11.9 Å². The Labute approximate surface area is 101 Å². The summed E-state index contributed by atoms with van der Waals surface area (Å²) in [5.41, 5.74) is 2.27. The molecule has 2 unspecified atom stereocenters. The molecule has 1 aromatic rings. The van der Waals surface area contributed by atoms with Gasteiger partial charge in [-0.2, -0.15) is 0 Å². The van der Waals surface area contributed by atoms with E-state index in [9.17, 15) is 9.50 Å². The topological polar surface area (TPSA) is 23.5 Å². The van der Waals surface area contributed by atoms with E-state index in [1.807, 2.05) is 6.07 Å². The lowest BCUT2D eigenvalue weighted by Gasteiger charge is -2.25. The molecule has 2 atom stereocenters. The first-order chi connectivity index (χ1) is 8.24. The molecule has 1 heterocycles. The van der Waals surface area contributed by atoms with Gasteiger partial charge in [-0.1, -0.05) is 12.5 Å². The Hall–Kier alpha value is -1.09. The van der Waals surface area contributed by atoms with E-state index >= 15 is 0 Å². The van der Waals surface area contributed by atoms with Gasteiger partial charge in [-0.3, -0.25) is 0 Å². The molecule has 2 nitrogen and oxygen atoms in total. The van der Waals surface area contributed by atoms with Crippen molar-refractivity contribution < 1.29 is 9.50 Å². The Morgan fingerprint density at radius 1 is 1.35 bits per heavy atom. The lowest BCUT2D eigenvalue weighted by atomic mass is 10.1. The maximum Gasteiger partial charge on any atom is 0.125 e. The summed E-state index contributed by atoms with van der Waals surface area (Å²) in [7, 11) is 0. The maximum absolute atomic E-state index is 13.2. The van der Waals surface area contributed by atoms with Crippen molar-refractivity contribution in [3.05, 3.63) is 29.6 Å². The smallest absolute Gasteiger partial charge is 0.125 e. The van der Waals surface area contributed by atoms with Crippen LogP contribution in [0.1, 0.15) is 24.8 Å². The Morgan fingerprint density at radius 2 is 2.24 bits per heavy atom. The summed E-state index contributed by atoms with van der Waals surface area (Å²) in [6, 6.07) is 5.05. The maximum atomic E-state index is 13.2. The van der Waals surface area contributed by atoms with Gasteiger partial charge in [0.05, 0.1) is 6.10 Å². The van der Waals surface area contributed by atoms with Crippen LogP contribution < -0.4 is 4.90 Å². The molecule has 1 aromatic carbocycles. The van der Waals surface area contributed by atoms with E-state index in [4.69, 9.17) is 0 Å². The van der Waals surface area contributed by atoms with E-state index in [1.165, 1.54) is 11.6 Å². The summed E-state index contributed by atoms with van der Waals surface area (Å²) in [5, 5.41) is 9.85. The molecule has 1 fully saturated rings. The molecule has 1 saturated carbocycles. The molecule has 0 amide bonds. The summed E-state index contributed by atoms with van der Waals surface area (Å²) in [6.07, 6.45) is 3.98. The molecule has 0 spiro atoms. The number of hydrogen-bond acceptors (Lipinski definition) is 2. The number of aliphatic hydroxyl groups excluding tert-OH is 1. The zero-order valence-corrected chi connectivity index (χ0v) is 9.90. The number of hydrogen-bond donors (Lipinski definition) is 1. The van der Waals surface area contributed by atoms with Crippen molar-refractivity contribution in [2.45, 2.75) is 31.8 Å². The van der Waals surface area contributed by atoms with Crippen LogP contribution >= 0.6 is 0 Å². The summed E-state index contributed by atoms with van der Waals surface area (Å²) < 4.78 is 13.2. The van der Waals surface area contributed by atoms with Crippen molar-refractivity contribution in [3.63, 3.8) is 0 Å². The molecule has 0 radical (unpaired) electrons. The Bertz CT molecular complexity index is 421. The zero-order valence-electron chi connectivity index (χ0n) is 9.90. The molecular weight excluding hydrogens is 217 g/mol. The molecule has 3 heteroatoms. The van der Waals surface area contributed by atoms with Gasteiger partial charge in [0.15, 0.2) is 0 Å². The third-order valence-corrected chi connectivity index (χ3v) is 4.11. The first-order valence-electron chi connectivity index (χ1n) is 6.45. The third kappa shape index (κ3) is 2.04. The number of aliphatic hydroxyl groups is 1. The van der Waals surface area contributed by atoms with Crippen molar-refractivity contribution >= 4 is 5.69 Å². The van der Waals surface area contributed by atoms with Crippen LogP contribution in [0.4, 0.5) is 10.1 Å². The number of rotatable bonds is 2. The van der Waals surface area contributed by atoms with Gasteiger partial charge < -0.3 is 10.0 Å². The molecule has 3 rings (SSSR count). The van der Waals surface area contributed by atoms with Crippen molar-refractivity contribution in [2.24, 2.45) is 5.92 Å². The van der Waals surface area contributed by atoms with E-state index in [0.29, 0.717) is 5.92 Å². The van der Waals surface area contributed by atoms with Crippen molar-refractivity contribution in [1.29, 1.82) is 0 Å². The van der Waals surface area contributed by atoms with Gasteiger partial charge in [0, 0.05) is 24.7 Å². The van der Waals surface area contributed by atoms with Crippen LogP contribution in [0.15, 0.2) is 18.2 Å². The quantitative estimate of drug-likeness (QED) is 0.850. The summed E-state index contributed by atoms with van der Waals surface area (Å²) in [4.78, 5) is 2.23. The van der Waals surface area contributed by atoms with E-state index in [2.05, 4.69) is 4.90 Å². The number of fused-ring (bicyclic) bond motifs is 1. The minimum atomic E-state index is -0.164. The fraction of sp³-hybridized carbons (Fsp3) is 0.571. The Balaban J connectivity index is 1.76. The molecule has 0 bridgehead atoms. The van der Waals surface area contributed by atoms with Gasteiger partial charge in [0.25, 0.3) is 0 Å². The van der Waals surface area contributed by atoms with Crippen molar-refractivity contribution in [2.75, 3.05) is 18.0 Å². The largest absolute Gasteiger partial charge is 0.393 e. The highest BCUT2D eigenvalue weighted by atomic mass is 19.1. The van der Waals surface area contributed by atoms with Crippen LogP contribution in [0.25, 0.3) is 0 Å². The fourth-order valence-corrected chi connectivity index (χ4v) is 3.12. The van der Waals surface area contributed by atoms with E-state index in [1.54, 1.807) is 6.07 Å². The van der Waals surface area contributed by atoms with Crippen LogP contribution in [0.2, 0.25) is 0 Å². The minimum absolute atomic E-state index is 0.160. The molecule has 1 N–H and O–H groups in total. The van der Waals surface area contributed by atoms with Crippen LogP contribution in [-0.4, -0.2) is 24.3 Å². The summed E-state index contributed by atoms with van der Waals surface area (Å²) in [6.45, 7) is 1.83. The third-order valence-electron chi connectivity index (χ3n) is 4.11. The monoisotopic (exact) mass is 235 g/mol. The Morgan fingerprint density at radius 3 is 3.00 bits per heavy atom. The van der Waals surface area contributed by atoms with Crippen LogP contribution in [0.5, 0.6) is 0 Å². The van der Waals surface area contributed by atoms with E-state index < -0.39 is 0 Å². The first-order valence-corrected chi connectivity index (χ1v) is 6.45. The summed E-state index contributed by atoms with van der Waals surface area (Å²) in [5.74, 6) is 0.201. The number of anilines is 1. The van der Waals surface area contributed by atoms with Crippen molar-refractivity contribution in [3.8, 4) is 0 Å². The van der Waals surface area contributed by atoms with Crippen LogP contribution in [0, 0.1) is 11.7 Å². The highest BCUT2D eigenvalue weighted by Crippen LogP contribution is 2.33. The molecular formula is C14H18FNO. The highest BCUT2D eigenvalue weighted by Gasteiger charge is 2.29. The van der Waals surface area contributed by atoms with Gasteiger partial charge in [-0.05, 0) is 37.0 Å². The standard InChI is InChI=1S/C14H18FNO/c15-12-5-4-10-6-7-16(13(10)8-12)9-11-2-1-3-14(11)17/h4-5,8,11,14,17H,1-3,6-7,9H2. The lowest BCUT2D eigenvalue weighted by Crippen LogP contribution is -2.31. The number of halogens is 1. The molecule has 92 valence electrons. The average Bonchev–Trinajstić information content (AvgIpc) is 2.88. The predicted octanol–water partition coefficient (Wildman–Crippen LogP) is 2.35. The molecule has 1 aliphatic carbocycles. The first kappa shape index (κ1) is 11.0. The normalized spacial score (nSPS) is 27.5. The van der Waals surface area contributed by atoms with Crippen LogP contribution in [-0.2, 0) is 6.42 Å². The predicted molar refractivity (Wildman–Crippen MR) is 65.7 cm³/mol. The van der Waals surface area contributed by atoms with Gasteiger partial charge in [-0.15, -0.1) is 0 Å². The molecule has 0 saturated heterocycles. The highest BCUT2D eigenvalue weighted by molar-refractivity contribution is 5.58. The zero-order chi connectivity index (χ0) is 11.8. The van der Waals surface area contributed by atoms with E-state index in [0.717, 1.165) is 44.5 Å². The van der Waals surface area contributed by atoms with Crippen molar-refractivity contribution in [1.82, 2.24) is 0 Å². The lowest BCUT2D eigenvalue weighted by molar-refractivity contribution is 0.135. The van der Waals surface area contributed by atoms with Gasteiger partial charge >= 0.3 is 0 Å². The SMILES string of the molecule is OC1CCCC1CN1CCc2ccc(F)cc21. The number of nitrogens with zero attached hydrogens (tertiary/aromatic N) is 1. The van der Waals surface area contributed by atoms with Gasteiger partial charge in [0.1, 0.15) is 5.82 Å². The molecule has 1 aliphatic heterocycles. The number of benzene rings is 1. The average molecular weight is 235 g/mol. The molecule has 17 heavy (non-hydrogen) atoms. The van der Waals surface area contributed by atoms with Gasteiger partial charge in [0.2, 0.25) is 0 Å². The second-order valence-corrected chi connectivity index (χ2v) is 5.23. The molecule has 2 aliphatic rings. The summed E-state index contributed by atoms with van der Waals surface area (Å²) >= 11 is 0. The second-order valence-electron chi connectivity index (χ2n) is 5.23. The van der Waals surface area contributed by atoms with Crippen LogP contribution in [0.3, 0.4) is 0 Å². The fourth-order valence-electron chi connectivity index (χ4n) is 3.12. The molecule has 0 aromatic heterocycles. The minimum Gasteiger partial charge on any atom is -0.393 e. The Kier molecular flexibility index (Phi) is 2.79.